The minimum absolute atomic E-state index is 0.0330. The first-order valence-corrected chi connectivity index (χ1v) is 7.39. The Balaban J connectivity index is 1.73. The fourth-order valence-corrected chi connectivity index (χ4v) is 2.63. The molecule has 2 aromatic heterocycles. The van der Waals surface area contributed by atoms with Crippen molar-refractivity contribution in [3.05, 3.63) is 30.0 Å². The highest BCUT2D eigenvalue weighted by molar-refractivity contribution is 5.86. The number of ether oxygens (including phenoxy) is 1. The number of carboxylic acid groups (broad SMARTS) is 1. The van der Waals surface area contributed by atoms with Crippen LogP contribution in [-0.2, 0) is 4.74 Å². The van der Waals surface area contributed by atoms with Gasteiger partial charge in [-0.05, 0) is 12.8 Å². The lowest BCUT2D eigenvalue weighted by atomic mass is 10.1. The maximum atomic E-state index is 11.5. The quantitative estimate of drug-likeness (QED) is 0.792. The third-order valence-corrected chi connectivity index (χ3v) is 3.86. The molecule has 126 valence electrons. The van der Waals surface area contributed by atoms with E-state index in [9.17, 15) is 9.59 Å². The number of rotatable bonds is 4. The summed E-state index contributed by atoms with van der Waals surface area (Å²) < 4.78 is 6.28. The molecule has 1 unspecified atom stereocenters. The van der Waals surface area contributed by atoms with Crippen LogP contribution in [0.4, 0.5) is 5.82 Å². The molecule has 1 atom stereocenters. The molecule has 10 heteroatoms. The van der Waals surface area contributed by atoms with Gasteiger partial charge in [0.05, 0.1) is 31.7 Å². The molecule has 10 nitrogen and oxygen atoms in total. The SMILES string of the molecule is COC(=O)c1cn(C2CCCN(c3cnc(C(=O)O)cn3)C2)nn1. The van der Waals surface area contributed by atoms with E-state index in [2.05, 4.69) is 25.0 Å². The summed E-state index contributed by atoms with van der Waals surface area (Å²) >= 11 is 0. The van der Waals surface area contributed by atoms with E-state index in [1.165, 1.54) is 19.5 Å². The summed E-state index contributed by atoms with van der Waals surface area (Å²) in [6.07, 6.45) is 6.06. The smallest absolute Gasteiger partial charge is 0.360 e. The van der Waals surface area contributed by atoms with Crippen LogP contribution < -0.4 is 4.90 Å². The summed E-state index contributed by atoms with van der Waals surface area (Å²) in [5.74, 6) is -1.02. The Morgan fingerprint density at radius 3 is 2.79 bits per heavy atom. The molecule has 3 rings (SSSR count). The number of aromatic carboxylic acids is 1. The second-order valence-electron chi connectivity index (χ2n) is 5.38. The molecule has 2 aromatic rings. The lowest BCUT2D eigenvalue weighted by molar-refractivity contribution is 0.0593. The Labute approximate surface area is 137 Å². The van der Waals surface area contributed by atoms with Crippen LogP contribution in [0.2, 0.25) is 0 Å². The average Bonchev–Trinajstić information content (AvgIpc) is 3.11. The Morgan fingerprint density at radius 1 is 1.29 bits per heavy atom. The van der Waals surface area contributed by atoms with Crippen LogP contribution in [0.25, 0.3) is 0 Å². The first-order chi connectivity index (χ1) is 11.6. The predicted molar refractivity (Wildman–Crippen MR) is 80.8 cm³/mol. The second kappa shape index (κ2) is 6.60. The zero-order valence-electron chi connectivity index (χ0n) is 13.0. The van der Waals surface area contributed by atoms with Gasteiger partial charge in [-0.3, -0.25) is 0 Å². The van der Waals surface area contributed by atoms with Crippen molar-refractivity contribution in [3.63, 3.8) is 0 Å². The van der Waals surface area contributed by atoms with Crippen LogP contribution in [0, 0.1) is 0 Å². The Bertz CT molecular complexity index is 744. The Hall–Kier alpha value is -3.04. The largest absolute Gasteiger partial charge is 0.476 e. The summed E-state index contributed by atoms with van der Waals surface area (Å²) in [5.41, 5.74) is 0.0755. The van der Waals surface area contributed by atoms with E-state index >= 15 is 0 Å². The normalized spacial score (nSPS) is 17.5. The number of carboxylic acids is 1. The number of piperidine rings is 1. The van der Waals surface area contributed by atoms with Gasteiger partial charge in [0.25, 0.3) is 0 Å². The maximum absolute atomic E-state index is 11.5. The van der Waals surface area contributed by atoms with Crippen LogP contribution in [0.1, 0.15) is 39.9 Å². The standard InChI is InChI=1S/C14H16N6O4/c1-24-14(23)11-8-20(18-17-11)9-3-2-4-19(7-9)12-6-15-10(5-16-12)13(21)22/h5-6,8-9H,2-4,7H2,1H3,(H,21,22). The second-order valence-corrected chi connectivity index (χ2v) is 5.38. The van der Waals surface area contributed by atoms with Gasteiger partial charge < -0.3 is 14.7 Å². The Morgan fingerprint density at radius 2 is 2.12 bits per heavy atom. The number of esters is 1. The molecule has 1 aliphatic rings. The highest BCUT2D eigenvalue weighted by Crippen LogP contribution is 2.24. The molecule has 1 aliphatic heterocycles. The van der Waals surface area contributed by atoms with Crippen molar-refractivity contribution in [2.45, 2.75) is 18.9 Å². The average molecular weight is 332 g/mol. The van der Waals surface area contributed by atoms with Crippen molar-refractivity contribution < 1.29 is 19.4 Å². The van der Waals surface area contributed by atoms with Crippen LogP contribution in [-0.4, -0.2) is 62.2 Å². The summed E-state index contributed by atoms with van der Waals surface area (Å²) in [6.45, 7) is 1.40. The van der Waals surface area contributed by atoms with Crippen molar-refractivity contribution in [1.82, 2.24) is 25.0 Å². The van der Waals surface area contributed by atoms with Crippen LogP contribution >= 0.6 is 0 Å². The molecule has 0 saturated carbocycles. The molecule has 1 fully saturated rings. The number of nitrogens with zero attached hydrogens (tertiary/aromatic N) is 6. The number of aromatic nitrogens is 5. The molecule has 0 aliphatic carbocycles. The van der Waals surface area contributed by atoms with E-state index < -0.39 is 11.9 Å². The molecule has 24 heavy (non-hydrogen) atoms. The van der Waals surface area contributed by atoms with Gasteiger partial charge in [-0.2, -0.15) is 0 Å². The van der Waals surface area contributed by atoms with Gasteiger partial charge in [-0.15, -0.1) is 5.10 Å². The van der Waals surface area contributed by atoms with Gasteiger partial charge in [0, 0.05) is 13.1 Å². The van der Waals surface area contributed by atoms with E-state index in [4.69, 9.17) is 5.11 Å². The van der Waals surface area contributed by atoms with E-state index in [1.54, 1.807) is 10.9 Å². The number of hydrogen-bond acceptors (Lipinski definition) is 8. The molecule has 0 amide bonds. The minimum atomic E-state index is -1.11. The van der Waals surface area contributed by atoms with Gasteiger partial charge in [0.1, 0.15) is 5.82 Å². The highest BCUT2D eigenvalue weighted by Gasteiger charge is 2.24. The first kappa shape index (κ1) is 15.8. The molecule has 1 N–H and O–H groups in total. The maximum Gasteiger partial charge on any atom is 0.360 e. The molecular formula is C14H16N6O4. The molecule has 0 spiro atoms. The zero-order valence-corrected chi connectivity index (χ0v) is 13.0. The lowest BCUT2D eigenvalue weighted by Crippen LogP contribution is -2.37. The van der Waals surface area contributed by atoms with E-state index in [1.807, 2.05) is 4.90 Å². The third kappa shape index (κ3) is 3.16. The number of carbonyl (C=O) groups is 2. The molecular weight excluding hydrogens is 316 g/mol. The highest BCUT2D eigenvalue weighted by atomic mass is 16.5. The van der Waals surface area contributed by atoms with Gasteiger partial charge in [-0.1, -0.05) is 5.21 Å². The summed E-state index contributed by atoms with van der Waals surface area (Å²) in [7, 11) is 1.29. The Kier molecular flexibility index (Phi) is 4.36. The first-order valence-electron chi connectivity index (χ1n) is 7.39. The van der Waals surface area contributed by atoms with E-state index in [0.717, 1.165) is 19.4 Å². The van der Waals surface area contributed by atoms with Crippen molar-refractivity contribution in [2.75, 3.05) is 25.1 Å². The minimum Gasteiger partial charge on any atom is -0.476 e. The van der Waals surface area contributed by atoms with Gasteiger partial charge >= 0.3 is 11.9 Å². The van der Waals surface area contributed by atoms with Crippen LogP contribution in [0.3, 0.4) is 0 Å². The summed E-state index contributed by atoms with van der Waals surface area (Å²) in [5, 5.41) is 16.7. The van der Waals surface area contributed by atoms with Crippen molar-refractivity contribution >= 4 is 17.8 Å². The topological polar surface area (TPSA) is 123 Å². The number of carbonyl (C=O) groups excluding carboxylic acids is 1. The van der Waals surface area contributed by atoms with E-state index in [0.29, 0.717) is 12.4 Å². The van der Waals surface area contributed by atoms with Crippen molar-refractivity contribution in [3.8, 4) is 0 Å². The number of anilines is 1. The molecule has 0 radical (unpaired) electrons. The third-order valence-electron chi connectivity index (χ3n) is 3.86. The zero-order chi connectivity index (χ0) is 17.1. The van der Waals surface area contributed by atoms with E-state index in [-0.39, 0.29) is 17.4 Å². The molecule has 0 bridgehead atoms. The predicted octanol–water partition coefficient (Wildman–Crippen LogP) is 0.394. The molecule has 0 aromatic carbocycles. The van der Waals surface area contributed by atoms with Crippen molar-refractivity contribution in [2.24, 2.45) is 0 Å². The fraction of sp³-hybridized carbons (Fsp3) is 0.429. The monoisotopic (exact) mass is 332 g/mol. The number of methoxy groups -OCH3 is 1. The van der Waals surface area contributed by atoms with Crippen LogP contribution in [0.15, 0.2) is 18.6 Å². The van der Waals surface area contributed by atoms with Gasteiger partial charge in [0.2, 0.25) is 0 Å². The fourth-order valence-electron chi connectivity index (χ4n) is 2.63. The van der Waals surface area contributed by atoms with Crippen LogP contribution in [0.5, 0.6) is 0 Å². The molecule has 1 saturated heterocycles. The summed E-state index contributed by atoms with van der Waals surface area (Å²) in [4.78, 5) is 32.4. The number of hydrogen-bond donors (Lipinski definition) is 1. The van der Waals surface area contributed by atoms with Gasteiger partial charge in [-0.25, -0.2) is 24.2 Å². The molecule has 3 heterocycles. The summed E-state index contributed by atoms with van der Waals surface area (Å²) in [6, 6.07) is 0.0330. The van der Waals surface area contributed by atoms with Crippen molar-refractivity contribution in [1.29, 1.82) is 0 Å². The van der Waals surface area contributed by atoms with Gasteiger partial charge in [0.15, 0.2) is 11.4 Å². The lowest BCUT2D eigenvalue weighted by Gasteiger charge is -2.33.